The average molecular weight is 153 g/mol. The van der Waals surface area contributed by atoms with Crippen LogP contribution in [0.3, 0.4) is 0 Å². The summed E-state index contributed by atoms with van der Waals surface area (Å²) in [6.45, 7) is 1.62. The maximum atomic E-state index is 10.5. The standard InChI is InChI=1S/C6H7N3O2/c1-3-2-8-9-5(7)4(3)6(10)11/h2H,1H3,(H2,7,9)(H,10,11). The molecular weight excluding hydrogens is 146 g/mol. The highest BCUT2D eigenvalue weighted by molar-refractivity contribution is 5.93. The molecule has 5 nitrogen and oxygen atoms in total. The third-order valence-electron chi connectivity index (χ3n) is 1.28. The molecule has 0 aliphatic rings. The molecule has 1 aromatic heterocycles. The number of nitrogens with zero attached hydrogens (tertiary/aromatic N) is 2. The minimum Gasteiger partial charge on any atom is -0.478 e. The second-order valence-electron chi connectivity index (χ2n) is 2.09. The van der Waals surface area contributed by atoms with Crippen molar-refractivity contribution >= 4 is 11.8 Å². The van der Waals surface area contributed by atoms with Gasteiger partial charge in [-0.05, 0) is 12.5 Å². The van der Waals surface area contributed by atoms with Gasteiger partial charge in [0.1, 0.15) is 5.56 Å². The van der Waals surface area contributed by atoms with Crippen LogP contribution in [-0.2, 0) is 0 Å². The highest BCUT2D eigenvalue weighted by atomic mass is 16.4. The van der Waals surface area contributed by atoms with Crippen molar-refractivity contribution in [2.24, 2.45) is 0 Å². The molecule has 0 aliphatic carbocycles. The second kappa shape index (κ2) is 2.53. The van der Waals surface area contributed by atoms with Crippen LogP contribution in [0.25, 0.3) is 0 Å². The first-order valence-corrected chi connectivity index (χ1v) is 2.94. The lowest BCUT2D eigenvalue weighted by molar-refractivity contribution is 0.0696. The fourth-order valence-corrected chi connectivity index (χ4v) is 0.772. The van der Waals surface area contributed by atoms with Crippen molar-refractivity contribution in [3.05, 3.63) is 17.3 Å². The van der Waals surface area contributed by atoms with Crippen molar-refractivity contribution < 1.29 is 9.90 Å². The molecule has 0 atom stereocenters. The van der Waals surface area contributed by atoms with E-state index in [-0.39, 0.29) is 11.4 Å². The molecule has 0 unspecified atom stereocenters. The summed E-state index contributed by atoms with van der Waals surface area (Å²) in [6, 6.07) is 0. The first-order chi connectivity index (χ1) is 5.13. The maximum absolute atomic E-state index is 10.5. The molecule has 0 amide bonds. The number of aromatic carboxylic acids is 1. The van der Waals surface area contributed by atoms with Crippen molar-refractivity contribution in [3.8, 4) is 0 Å². The molecule has 0 bridgehead atoms. The van der Waals surface area contributed by atoms with Gasteiger partial charge in [-0.15, -0.1) is 5.10 Å². The van der Waals surface area contributed by atoms with Crippen molar-refractivity contribution in [2.75, 3.05) is 5.73 Å². The summed E-state index contributed by atoms with van der Waals surface area (Å²) in [7, 11) is 0. The van der Waals surface area contributed by atoms with E-state index in [0.29, 0.717) is 5.56 Å². The molecule has 0 aliphatic heterocycles. The predicted octanol–water partition coefficient (Wildman–Crippen LogP) is 0.0654. The number of aryl methyl sites for hydroxylation is 1. The predicted molar refractivity (Wildman–Crippen MR) is 38.1 cm³/mol. The fraction of sp³-hybridized carbons (Fsp3) is 0.167. The minimum atomic E-state index is -1.07. The van der Waals surface area contributed by atoms with E-state index < -0.39 is 5.97 Å². The number of rotatable bonds is 1. The first kappa shape index (κ1) is 7.46. The van der Waals surface area contributed by atoms with E-state index in [9.17, 15) is 4.79 Å². The SMILES string of the molecule is Cc1cnnc(N)c1C(=O)O. The summed E-state index contributed by atoms with van der Waals surface area (Å²) in [5, 5.41) is 15.5. The van der Waals surface area contributed by atoms with Gasteiger partial charge in [-0.3, -0.25) is 0 Å². The molecule has 0 aromatic carbocycles. The summed E-state index contributed by atoms with van der Waals surface area (Å²) in [4.78, 5) is 10.5. The molecular formula is C6H7N3O2. The Kier molecular flexibility index (Phi) is 1.72. The average Bonchev–Trinajstić information content (AvgIpc) is 1.85. The summed E-state index contributed by atoms with van der Waals surface area (Å²) >= 11 is 0. The Labute approximate surface area is 62.9 Å². The molecule has 5 heteroatoms. The Morgan fingerprint density at radius 3 is 2.73 bits per heavy atom. The van der Waals surface area contributed by atoms with E-state index in [0.717, 1.165) is 0 Å². The molecule has 1 rings (SSSR count). The Bertz CT molecular complexity index is 278. The van der Waals surface area contributed by atoms with Gasteiger partial charge in [0.2, 0.25) is 0 Å². The van der Waals surface area contributed by atoms with Crippen LogP contribution in [0.1, 0.15) is 15.9 Å². The lowest BCUT2D eigenvalue weighted by Crippen LogP contribution is -2.07. The zero-order chi connectivity index (χ0) is 8.43. The highest BCUT2D eigenvalue weighted by Gasteiger charge is 2.11. The van der Waals surface area contributed by atoms with Crippen molar-refractivity contribution in [2.45, 2.75) is 6.92 Å². The lowest BCUT2D eigenvalue weighted by atomic mass is 10.2. The molecule has 3 N–H and O–H groups in total. The van der Waals surface area contributed by atoms with Crippen LogP contribution < -0.4 is 5.73 Å². The number of hydrogen-bond donors (Lipinski definition) is 2. The number of anilines is 1. The van der Waals surface area contributed by atoms with Gasteiger partial charge in [0.05, 0.1) is 6.20 Å². The topological polar surface area (TPSA) is 89.1 Å². The summed E-state index contributed by atoms with van der Waals surface area (Å²) in [5.41, 5.74) is 5.81. The van der Waals surface area contributed by atoms with E-state index in [1.54, 1.807) is 6.92 Å². The summed E-state index contributed by atoms with van der Waals surface area (Å²) in [5.74, 6) is -1.12. The maximum Gasteiger partial charge on any atom is 0.339 e. The van der Waals surface area contributed by atoms with Crippen LogP contribution in [0.5, 0.6) is 0 Å². The number of hydrogen-bond acceptors (Lipinski definition) is 4. The van der Waals surface area contributed by atoms with Gasteiger partial charge >= 0.3 is 5.97 Å². The van der Waals surface area contributed by atoms with Gasteiger partial charge in [-0.25, -0.2) is 4.79 Å². The van der Waals surface area contributed by atoms with Gasteiger partial charge in [-0.2, -0.15) is 5.10 Å². The number of carbonyl (C=O) groups is 1. The Hall–Kier alpha value is -1.65. The Morgan fingerprint density at radius 1 is 1.73 bits per heavy atom. The quantitative estimate of drug-likeness (QED) is 0.595. The van der Waals surface area contributed by atoms with Crippen LogP contribution in [0.2, 0.25) is 0 Å². The summed E-state index contributed by atoms with van der Waals surface area (Å²) in [6.07, 6.45) is 1.36. The third kappa shape index (κ3) is 1.26. The number of carboxylic acid groups (broad SMARTS) is 1. The Balaban J connectivity index is 3.32. The number of nitrogens with two attached hydrogens (primary N) is 1. The van der Waals surface area contributed by atoms with Crippen LogP contribution in [-0.4, -0.2) is 21.3 Å². The molecule has 0 radical (unpaired) electrons. The molecule has 1 heterocycles. The Morgan fingerprint density at radius 2 is 2.36 bits per heavy atom. The van der Waals surface area contributed by atoms with E-state index >= 15 is 0 Å². The third-order valence-corrected chi connectivity index (χ3v) is 1.28. The normalized spacial score (nSPS) is 9.55. The van der Waals surface area contributed by atoms with E-state index in [4.69, 9.17) is 10.8 Å². The van der Waals surface area contributed by atoms with Crippen molar-refractivity contribution in [1.29, 1.82) is 0 Å². The molecule has 11 heavy (non-hydrogen) atoms. The van der Waals surface area contributed by atoms with Gasteiger partial charge < -0.3 is 10.8 Å². The van der Waals surface area contributed by atoms with Gasteiger partial charge in [0, 0.05) is 0 Å². The number of nitrogen functional groups attached to an aromatic ring is 1. The molecule has 0 fully saturated rings. The molecule has 0 saturated carbocycles. The van der Waals surface area contributed by atoms with Crippen molar-refractivity contribution in [1.82, 2.24) is 10.2 Å². The number of carboxylic acids is 1. The summed E-state index contributed by atoms with van der Waals surface area (Å²) < 4.78 is 0. The van der Waals surface area contributed by atoms with E-state index in [1.165, 1.54) is 6.20 Å². The largest absolute Gasteiger partial charge is 0.478 e. The fourth-order valence-electron chi connectivity index (χ4n) is 0.772. The van der Waals surface area contributed by atoms with E-state index in [2.05, 4.69) is 10.2 Å². The molecule has 0 spiro atoms. The lowest BCUT2D eigenvalue weighted by Gasteiger charge is -1.99. The second-order valence-corrected chi connectivity index (χ2v) is 2.09. The van der Waals surface area contributed by atoms with Gasteiger partial charge in [0.15, 0.2) is 5.82 Å². The smallest absolute Gasteiger partial charge is 0.339 e. The van der Waals surface area contributed by atoms with Crippen LogP contribution in [0.4, 0.5) is 5.82 Å². The monoisotopic (exact) mass is 153 g/mol. The van der Waals surface area contributed by atoms with Crippen LogP contribution in [0.15, 0.2) is 6.20 Å². The van der Waals surface area contributed by atoms with Gasteiger partial charge in [0.25, 0.3) is 0 Å². The van der Waals surface area contributed by atoms with Crippen LogP contribution in [0, 0.1) is 6.92 Å². The van der Waals surface area contributed by atoms with Crippen molar-refractivity contribution in [3.63, 3.8) is 0 Å². The minimum absolute atomic E-state index is 0.0278. The molecule has 58 valence electrons. The van der Waals surface area contributed by atoms with E-state index in [1.807, 2.05) is 0 Å². The molecule has 1 aromatic rings. The van der Waals surface area contributed by atoms with Gasteiger partial charge in [-0.1, -0.05) is 0 Å². The first-order valence-electron chi connectivity index (χ1n) is 2.94. The van der Waals surface area contributed by atoms with Crippen LogP contribution >= 0.6 is 0 Å². The number of aromatic nitrogens is 2. The zero-order valence-electron chi connectivity index (χ0n) is 5.90. The molecule has 0 saturated heterocycles. The zero-order valence-corrected chi connectivity index (χ0v) is 5.90. The highest BCUT2D eigenvalue weighted by Crippen LogP contribution is 2.10.